The first-order valence-corrected chi connectivity index (χ1v) is 7.00. The van der Waals surface area contributed by atoms with E-state index >= 15 is 0 Å². The molecule has 0 radical (unpaired) electrons. The van der Waals surface area contributed by atoms with Crippen LogP contribution in [0.4, 0.5) is 14.5 Å². The Balaban J connectivity index is 1.88. The zero-order valence-electron chi connectivity index (χ0n) is 12.5. The van der Waals surface area contributed by atoms with Crippen molar-refractivity contribution in [1.29, 1.82) is 0 Å². The van der Waals surface area contributed by atoms with Crippen LogP contribution in [-0.4, -0.2) is 12.5 Å². The molecule has 0 spiro atoms. The highest BCUT2D eigenvalue weighted by molar-refractivity contribution is 5.81. The average molecular weight is 304 g/mol. The Morgan fingerprint density at radius 1 is 1.09 bits per heavy atom. The maximum atomic E-state index is 13.0. The zero-order chi connectivity index (χ0) is 16.1. The van der Waals surface area contributed by atoms with Crippen LogP contribution >= 0.6 is 0 Å². The van der Waals surface area contributed by atoms with E-state index < -0.39 is 0 Å². The van der Waals surface area contributed by atoms with Crippen molar-refractivity contribution in [2.24, 2.45) is 0 Å². The summed E-state index contributed by atoms with van der Waals surface area (Å²) < 4.78 is 25.9. The molecular formula is C17H18F2N2O. The summed E-state index contributed by atoms with van der Waals surface area (Å²) in [5, 5.41) is 5.79. The topological polar surface area (TPSA) is 41.1 Å². The van der Waals surface area contributed by atoms with Crippen LogP contribution in [-0.2, 0) is 4.79 Å². The fourth-order valence-electron chi connectivity index (χ4n) is 2.13. The lowest BCUT2D eigenvalue weighted by atomic mass is 10.1. The minimum Gasteiger partial charge on any atom is -0.376 e. The van der Waals surface area contributed by atoms with Crippen LogP contribution in [0.3, 0.4) is 0 Å². The Bertz CT molecular complexity index is 656. The van der Waals surface area contributed by atoms with E-state index in [1.165, 1.54) is 24.3 Å². The predicted octanol–water partition coefficient (Wildman–Crippen LogP) is 3.56. The van der Waals surface area contributed by atoms with E-state index in [9.17, 15) is 13.6 Å². The lowest BCUT2D eigenvalue weighted by Gasteiger charge is -2.15. The largest absolute Gasteiger partial charge is 0.376 e. The SMILES string of the molecule is Cc1cc(F)ccc1NCC(=O)NC(C)c1ccc(F)cc1. The molecule has 2 aromatic carbocycles. The van der Waals surface area contributed by atoms with Crippen LogP contribution < -0.4 is 10.6 Å². The van der Waals surface area contributed by atoms with Crippen LogP contribution in [0, 0.1) is 18.6 Å². The summed E-state index contributed by atoms with van der Waals surface area (Å²) >= 11 is 0. The van der Waals surface area contributed by atoms with E-state index in [4.69, 9.17) is 0 Å². The molecule has 2 aromatic rings. The summed E-state index contributed by atoms with van der Waals surface area (Å²) in [5.41, 5.74) is 2.28. The van der Waals surface area contributed by atoms with Gasteiger partial charge in [-0.2, -0.15) is 0 Å². The lowest BCUT2D eigenvalue weighted by Crippen LogP contribution is -2.32. The molecule has 0 heterocycles. The van der Waals surface area contributed by atoms with E-state index in [2.05, 4.69) is 10.6 Å². The van der Waals surface area contributed by atoms with Crippen LogP contribution in [0.5, 0.6) is 0 Å². The van der Waals surface area contributed by atoms with Gasteiger partial charge in [0.05, 0.1) is 12.6 Å². The van der Waals surface area contributed by atoms with Crippen molar-refractivity contribution in [3.8, 4) is 0 Å². The second kappa shape index (κ2) is 7.02. The summed E-state index contributed by atoms with van der Waals surface area (Å²) in [6.07, 6.45) is 0. The molecule has 3 nitrogen and oxygen atoms in total. The number of aryl methyl sites for hydroxylation is 1. The molecule has 0 aliphatic carbocycles. The average Bonchev–Trinajstić information content (AvgIpc) is 2.47. The fraction of sp³-hybridized carbons (Fsp3) is 0.235. The number of hydrogen-bond donors (Lipinski definition) is 2. The normalized spacial score (nSPS) is 11.8. The van der Waals surface area contributed by atoms with Gasteiger partial charge in [0.15, 0.2) is 0 Å². The minimum atomic E-state index is -0.310. The van der Waals surface area contributed by atoms with Crippen LogP contribution in [0.2, 0.25) is 0 Å². The van der Waals surface area contributed by atoms with Gasteiger partial charge in [-0.1, -0.05) is 12.1 Å². The Labute approximate surface area is 128 Å². The maximum Gasteiger partial charge on any atom is 0.239 e. The van der Waals surface area contributed by atoms with Crippen molar-refractivity contribution in [2.45, 2.75) is 19.9 Å². The highest BCUT2D eigenvalue weighted by atomic mass is 19.1. The van der Waals surface area contributed by atoms with Gasteiger partial charge in [-0.05, 0) is 55.3 Å². The van der Waals surface area contributed by atoms with Gasteiger partial charge in [0, 0.05) is 5.69 Å². The summed E-state index contributed by atoms with van der Waals surface area (Å²) in [4.78, 5) is 11.9. The molecule has 0 bridgehead atoms. The molecule has 5 heteroatoms. The standard InChI is InChI=1S/C17H18F2N2O/c1-11-9-15(19)7-8-16(11)20-10-17(22)21-12(2)13-3-5-14(18)6-4-13/h3-9,12,20H,10H2,1-2H3,(H,21,22). The number of anilines is 1. The van der Waals surface area contributed by atoms with E-state index in [0.29, 0.717) is 5.69 Å². The molecule has 0 aliphatic rings. The Morgan fingerprint density at radius 3 is 2.36 bits per heavy atom. The first kappa shape index (κ1) is 15.9. The number of carbonyl (C=O) groups is 1. The number of halogens is 2. The van der Waals surface area contributed by atoms with Crippen molar-refractivity contribution in [3.63, 3.8) is 0 Å². The molecular weight excluding hydrogens is 286 g/mol. The smallest absolute Gasteiger partial charge is 0.239 e. The number of rotatable bonds is 5. The molecule has 1 atom stereocenters. The number of carbonyl (C=O) groups excluding carboxylic acids is 1. The van der Waals surface area contributed by atoms with E-state index in [1.54, 1.807) is 25.1 Å². The number of hydrogen-bond acceptors (Lipinski definition) is 2. The maximum absolute atomic E-state index is 13.0. The highest BCUT2D eigenvalue weighted by Gasteiger charge is 2.10. The van der Waals surface area contributed by atoms with Gasteiger partial charge in [-0.3, -0.25) is 4.79 Å². The van der Waals surface area contributed by atoms with Gasteiger partial charge >= 0.3 is 0 Å². The third-order valence-corrected chi connectivity index (χ3v) is 3.38. The van der Waals surface area contributed by atoms with Gasteiger partial charge in [-0.25, -0.2) is 8.78 Å². The molecule has 1 amide bonds. The third kappa shape index (κ3) is 4.28. The molecule has 0 saturated carbocycles. The van der Waals surface area contributed by atoms with Crippen molar-refractivity contribution >= 4 is 11.6 Å². The summed E-state index contributed by atoms with van der Waals surface area (Å²) in [6.45, 7) is 3.68. The van der Waals surface area contributed by atoms with E-state index in [-0.39, 0.29) is 30.1 Å². The molecule has 0 aromatic heterocycles. The second-order valence-corrected chi connectivity index (χ2v) is 5.15. The van der Waals surface area contributed by atoms with Crippen molar-refractivity contribution in [3.05, 3.63) is 65.2 Å². The fourth-order valence-corrected chi connectivity index (χ4v) is 2.13. The minimum absolute atomic E-state index is 0.0814. The van der Waals surface area contributed by atoms with E-state index in [0.717, 1.165) is 11.1 Å². The number of nitrogens with one attached hydrogen (secondary N) is 2. The van der Waals surface area contributed by atoms with Crippen LogP contribution in [0.25, 0.3) is 0 Å². The predicted molar refractivity (Wildman–Crippen MR) is 82.6 cm³/mol. The van der Waals surface area contributed by atoms with E-state index in [1.807, 2.05) is 6.92 Å². The van der Waals surface area contributed by atoms with Gasteiger partial charge in [0.2, 0.25) is 5.91 Å². The summed E-state index contributed by atoms with van der Waals surface area (Å²) in [6, 6.07) is 10.1. The molecule has 0 fully saturated rings. The Morgan fingerprint density at radius 2 is 1.73 bits per heavy atom. The summed E-state index contributed by atoms with van der Waals surface area (Å²) in [7, 11) is 0. The van der Waals surface area contributed by atoms with Gasteiger partial charge in [-0.15, -0.1) is 0 Å². The molecule has 2 rings (SSSR count). The first-order valence-electron chi connectivity index (χ1n) is 7.00. The van der Waals surface area contributed by atoms with Crippen molar-refractivity contribution in [1.82, 2.24) is 5.32 Å². The van der Waals surface area contributed by atoms with Gasteiger partial charge in [0.1, 0.15) is 11.6 Å². The monoisotopic (exact) mass is 304 g/mol. The molecule has 116 valence electrons. The molecule has 0 saturated heterocycles. The van der Waals surface area contributed by atoms with Crippen LogP contribution in [0.15, 0.2) is 42.5 Å². The lowest BCUT2D eigenvalue weighted by molar-refractivity contribution is -0.120. The molecule has 22 heavy (non-hydrogen) atoms. The second-order valence-electron chi connectivity index (χ2n) is 5.15. The Hall–Kier alpha value is -2.43. The zero-order valence-corrected chi connectivity index (χ0v) is 12.5. The Kier molecular flexibility index (Phi) is 5.09. The number of benzene rings is 2. The quantitative estimate of drug-likeness (QED) is 0.887. The molecule has 1 unspecified atom stereocenters. The van der Waals surface area contributed by atoms with Crippen molar-refractivity contribution < 1.29 is 13.6 Å². The third-order valence-electron chi connectivity index (χ3n) is 3.38. The van der Waals surface area contributed by atoms with Crippen molar-refractivity contribution in [2.75, 3.05) is 11.9 Å². The summed E-state index contributed by atoms with van der Waals surface area (Å²) in [5.74, 6) is -0.811. The van der Waals surface area contributed by atoms with Gasteiger partial charge < -0.3 is 10.6 Å². The number of amides is 1. The van der Waals surface area contributed by atoms with Crippen LogP contribution in [0.1, 0.15) is 24.1 Å². The molecule has 2 N–H and O–H groups in total. The highest BCUT2D eigenvalue weighted by Crippen LogP contribution is 2.16. The first-order chi connectivity index (χ1) is 10.5. The van der Waals surface area contributed by atoms with Gasteiger partial charge in [0.25, 0.3) is 0 Å². The molecule has 0 aliphatic heterocycles.